The second-order valence-electron chi connectivity index (χ2n) is 2.24. The van der Waals surface area contributed by atoms with E-state index in [0.717, 1.165) is 0 Å². The minimum absolute atomic E-state index is 0.382. The van der Waals surface area contributed by atoms with Gasteiger partial charge in [-0.15, -0.1) is 12.6 Å². The number of carbonyl (C=O) groups is 1. The molecule has 0 fully saturated rings. The molecule has 0 aliphatic carbocycles. The third-order valence-corrected chi connectivity index (χ3v) is 1.69. The molecule has 1 aromatic rings. The molecule has 0 bridgehead atoms. The van der Waals surface area contributed by atoms with Crippen molar-refractivity contribution in [2.24, 2.45) is 0 Å². The molecule has 0 heterocycles. The van der Waals surface area contributed by atoms with Gasteiger partial charge in [-0.25, -0.2) is 4.79 Å². The van der Waals surface area contributed by atoms with E-state index in [2.05, 4.69) is 12.6 Å². The molecule has 0 atom stereocenters. The topological polar surface area (TPSA) is 26.3 Å². The Bertz CT molecular complexity index is 295. The first-order valence-electron chi connectivity index (χ1n) is 3.37. The lowest BCUT2D eigenvalue weighted by molar-refractivity contribution is -0.133. The van der Waals surface area contributed by atoms with Gasteiger partial charge in [-0.05, 0) is 12.1 Å². The van der Waals surface area contributed by atoms with Crippen LogP contribution in [0.2, 0.25) is 0 Å². The highest BCUT2D eigenvalue weighted by Crippen LogP contribution is 2.27. The first-order valence-corrected chi connectivity index (χ1v) is 4.58. The summed E-state index contributed by atoms with van der Waals surface area (Å²) in [5, 5.41) is 0. The molecule has 0 aliphatic rings. The van der Waals surface area contributed by atoms with Gasteiger partial charge in [-0.1, -0.05) is 41.4 Å². The molecule has 70 valence electrons. The van der Waals surface area contributed by atoms with Crippen molar-refractivity contribution in [2.45, 2.75) is 3.67 Å². The van der Waals surface area contributed by atoms with Crippen LogP contribution in [0.3, 0.4) is 0 Å². The summed E-state index contributed by atoms with van der Waals surface area (Å²) >= 11 is 14.4. The van der Waals surface area contributed by atoms with Gasteiger partial charge < -0.3 is 4.74 Å². The molecule has 2 nitrogen and oxygen atoms in total. The number of ether oxygens (including phenoxy) is 1. The second-order valence-corrected chi connectivity index (χ2v) is 4.77. The van der Waals surface area contributed by atoms with Crippen LogP contribution in [0.25, 0.3) is 0 Å². The van der Waals surface area contributed by atoms with Gasteiger partial charge in [0, 0.05) is 0 Å². The zero-order chi connectivity index (χ0) is 9.90. The fourth-order valence-corrected chi connectivity index (χ4v) is 0.780. The summed E-state index contributed by atoms with van der Waals surface area (Å²) in [7, 11) is 0. The maximum Gasteiger partial charge on any atom is 0.358 e. The van der Waals surface area contributed by atoms with Gasteiger partial charge in [0.15, 0.2) is 0 Å². The van der Waals surface area contributed by atoms with Gasteiger partial charge in [0.05, 0.1) is 0 Å². The fraction of sp³-hybridized carbons (Fsp3) is 0.125. The lowest BCUT2D eigenvalue weighted by Gasteiger charge is -2.10. The molecule has 0 radical (unpaired) electrons. The molecule has 5 heteroatoms. The van der Waals surface area contributed by atoms with Crippen molar-refractivity contribution >= 4 is 41.8 Å². The van der Waals surface area contributed by atoms with Gasteiger partial charge in [0.25, 0.3) is 3.67 Å². The molecule has 0 aliphatic heterocycles. The van der Waals surface area contributed by atoms with Crippen LogP contribution in [0, 0.1) is 0 Å². The summed E-state index contributed by atoms with van der Waals surface area (Å²) < 4.78 is 2.99. The number of hydrogen-bond acceptors (Lipinski definition) is 3. The van der Waals surface area contributed by atoms with Crippen molar-refractivity contribution in [3.8, 4) is 5.75 Å². The van der Waals surface area contributed by atoms with Crippen LogP contribution in [0.5, 0.6) is 5.75 Å². The number of hydrogen-bond donors (Lipinski definition) is 1. The Morgan fingerprint density at radius 1 is 1.31 bits per heavy atom. The van der Waals surface area contributed by atoms with Gasteiger partial charge in [0.1, 0.15) is 5.75 Å². The minimum Gasteiger partial charge on any atom is -0.424 e. The van der Waals surface area contributed by atoms with Crippen LogP contribution in [-0.2, 0) is 4.79 Å². The van der Waals surface area contributed by atoms with Crippen molar-refractivity contribution < 1.29 is 9.53 Å². The molecule has 0 unspecified atom stereocenters. The van der Waals surface area contributed by atoms with E-state index in [4.69, 9.17) is 27.9 Å². The first-order chi connectivity index (χ1) is 6.00. The number of esters is 1. The Kier molecular flexibility index (Phi) is 3.47. The smallest absolute Gasteiger partial charge is 0.358 e. The number of thiol groups is 1. The predicted octanol–water partition coefficient (Wildman–Crippen LogP) is 2.65. The SMILES string of the molecule is O=C(Oc1ccccc1)C(S)(Cl)Cl. The van der Waals surface area contributed by atoms with E-state index in [0.29, 0.717) is 5.75 Å². The predicted molar refractivity (Wildman–Crippen MR) is 55.5 cm³/mol. The van der Waals surface area contributed by atoms with E-state index in [9.17, 15) is 4.79 Å². The van der Waals surface area contributed by atoms with Crippen LogP contribution in [0.15, 0.2) is 30.3 Å². The Morgan fingerprint density at radius 2 is 1.85 bits per heavy atom. The molecule has 0 saturated heterocycles. The third kappa shape index (κ3) is 3.46. The number of alkyl halides is 2. The molecular formula is C8H6Cl2O2S. The number of carbonyl (C=O) groups excluding carboxylic acids is 1. The van der Waals surface area contributed by atoms with Gasteiger partial charge in [-0.3, -0.25) is 0 Å². The lowest BCUT2D eigenvalue weighted by Crippen LogP contribution is -2.24. The van der Waals surface area contributed by atoms with Crippen molar-refractivity contribution in [1.82, 2.24) is 0 Å². The first kappa shape index (κ1) is 10.7. The zero-order valence-corrected chi connectivity index (χ0v) is 8.81. The summed E-state index contributed by atoms with van der Waals surface area (Å²) in [5.74, 6) is -0.433. The zero-order valence-electron chi connectivity index (χ0n) is 6.41. The Labute approximate surface area is 91.2 Å². The maximum absolute atomic E-state index is 11.1. The molecule has 0 N–H and O–H groups in total. The maximum atomic E-state index is 11.1. The number of para-hydroxylation sites is 1. The van der Waals surface area contributed by atoms with E-state index >= 15 is 0 Å². The van der Waals surface area contributed by atoms with Crippen LogP contribution >= 0.6 is 35.8 Å². The monoisotopic (exact) mass is 236 g/mol. The molecule has 13 heavy (non-hydrogen) atoms. The van der Waals surface area contributed by atoms with E-state index < -0.39 is 9.63 Å². The number of rotatable bonds is 2. The van der Waals surface area contributed by atoms with Crippen molar-refractivity contribution in [1.29, 1.82) is 0 Å². The third-order valence-electron chi connectivity index (χ3n) is 1.20. The van der Waals surface area contributed by atoms with Gasteiger partial charge in [0.2, 0.25) is 0 Å². The van der Waals surface area contributed by atoms with Gasteiger partial charge >= 0.3 is 5.97 Å². The quantitative estimate of drug-likeness (QED) is 0.370. The Balaban J connectivity index is 2.66. The molecule has 0 amide bonds. The van der Waals surface area contributed by atoms with E-state index in [1.807, 2.05) is 0 Å². The molecule has 1 aromatic carbocycles. The van der Waals surface area contributed by atoms with Crippen LogP contribution in [0.1, 0.15) is 0 Å². The molecular weight excluding hydrogens is 231 g/mol. The van der Waals surface area contributed by atoms with Crippen LogP contribution in [-0.4, -0.2) is 9.63 Å². The Hall–Kier alpha value is -0.380. The van der Waals surface area contributed by atoms with Crippen molar-refractivity contribution in [3.63, 3.8) is 0 Å². The van der Waals surface area contributed by atoms with E-state index in [1.165, 1.54) is 0 Å². The summed E-state index contributed by atoms with van der Waals surface area (Å²) in [6, 6.07) is 8.49. The largest absolute Gasteiger partial charge is 0.424 e. The molecule has 0 saturated carbocycles. The summed E-state index contributed by atoms with van der Waals surface area (Å²) in [4.78, 5) is 11.1. The highest BCUT2D eigenvalue weighted by molar-refractivity contribution is 7.86. The van der Waals surface area contributed by atoms with Crippen molar-refractivity contribution in [2.75, 3.05) is 0 Å². The average Bonchev–Trinajstić information content (AvgIpc) is 2.04. The second kappa shape index (κ2) is 4.22. The standard InChI is InChI=1S/C8H6Cl2O2S/c9-8(10,13)7(11)12-6-4-2-1-3-5-6/h1-5,13H. The highest BCUT2D eigenvalue weighted by atomic mass is 35.5. The van der Waals surface area contributed by atoms with Crippen LogP contribution < -0.4 is 4.74 Å². The lowest BCUT2D eigenvalue weighted by atomic mass is 10.3. The Morgan fingerprint density at radius 3 is 2.31 bits per heavy atom. The van der Waals surface area contributed by atoms with E-state index in [1.54, 1.807) is 30.3 Å². The normalized spacial score (nSPS) is 11.0. The molecule has 0 spiro atoms. The van der Waals surface area contributed by atoms with Crippen LogP contribution in [0.4, 0.5) is 0 Å². The molecule has 1 rings (SSSR count). The summed E-state index contributed by atoms with van der Waals surface area (Å²) in [6.45, 7) is 0. The highest BCUT2D eigenvalue weighted by Gasteiger charge is 2.31. The summed E-state index contributed by atoms with van der Waals surface area (Å²) in [6.07, 6.45) is 0. The summed E-state index contributed by atoms with van der Waals surface area (Å²) in [5.41, 5.74) is 0. The van der Waals surface area contributed by atoms with E-state index in [-0.39, 0.29) is 0 Å². The average molecular weight is 237 g/mol. The van der Waals surface area contributed by atoms with Gasteiger partial charge in [-0.2, -0.15) is 0 Å². The fourth-order valence-electron chi connectivity index (χ4n) is 0.657. The number of halogens is 2. The van der Waals surface area contributed by atoms with Crippen molar-refractivity contribution in [3.05, 3.63) is 30.3 Å². The number of benzene rings is 1. The molecule has 0 aromatic heterocycles. The minimum atomic E-state index is -1.81.